The molecule has 0 atom stereocenters. The molecule has 100 valence electrons. The summed E-state index contributed by atoms with van der Waals surface area (Å²) in [5.74, 6) is -1.13. The van der Waals surface area contributed by atoms with Crippen LogP contribution in [0.2, 0.25) is 0 Å². The van der Waals surface area contributed by atoms with E-state index in [4.69, 9.17) is 5.11 Å². The molecular formula is C11H17N3O4. The summed E-state index contributed by atoms with van der Waals surface area (Å²) < 4.78 is 0. The Bertz CT molecular complexity index is 376. The molecule has 0 bridgehead atoms. The average molecular weight is 255 g/mol. The molecule has 3 N–H and O–H groups in total. The predicted octanol–water partition coefficient (Wildman–Crippen LogP) is -0.475. The minimum Gasteiger partial charge on any atom is -0.481 e. The molecule has 0 aromatic carbocycles. The molecule has 2 fully saturated rings. The Balaban J connectivity index is 1.98. The number of hydrogen-bond donors (Lipinski definition) is 3. The van der Waals surface area contributed by atoms with Crippen molar-refractivity contribution in [2.45, 2.75) is 31.2 Å². The van der Waals surface area contributed by atoms with Crippen LogP contribution < -0.4 is 10.6 Å². The van der Waals surface area contributed by atoms with E-state index in [9.17, 15) is 14.4 Å². The second-order valence-electron chi connectivity index (χ2n) is 4.72. The molecule has 2 saturated heterocycles. The first kappa shape index (κ1) is 12.8. The molecule has 0 aromatic rings. The van der Waals surface area contributed by atoms with Crippen LogP contribution in [0.5, 0.6) is 0 Å². The van der Waals surface area contributed by atoms with Gasteiger partial charge in [-0.25, -0.2) is 4.79 Å². The Hall–Kier alpha value is -1.63. The van der Waals surface area contributed by atoms with E-state index in [0.29, 0.717) is 32.4 Å². The van der Waals surface area contributed by atoms with Gasteiger partial charge in [-0.05, 0) is 32.4 Å². The lowest BCUT2D eigenvalue weighted by atomic mass is 9.88. The number of carboxylic acids is 1. The molecular weight excluding hydrogens is 238 g/mol. The van der Waals surface area contributed by atoms with Gasteiger partial charge in [0.15, 0.2) is 0 Å². The largest absolute Gasteiger partial charge is 0.481 e. The van der Waals surface area contributed by atoms with Crippen LogP contribution in [-0.4, -0.2) is 53.1 Å². The fourth-order valence-corrected chi connectivity index (χ4v) is 2.46. The molecule has 0 saturated carbocycles. The van der Waals surface area contributed by atoms with Crippen molar-refractivity contribution in [3.8, 4) is 0 Å². The number of carbonyl (C=O) groups excluding carboxylic acids is 2. The van der Waals surface area contributed by atoms with Crippen molar-refractivity contribution in [2.75, 3.05) is 19.6 Å². The highest BCUT2D eigenvalue weighted by Gasteiger charge is 2.50. The number of amides is 3. The lowest BCUT2D eigenvalue weighted by Crippen LogP contribution is -2.53. The number of carboxylic acid groups (broad SMARTS) is 1. The second kappa shape index (κ2) is 4.93. The summed E-state index contributed by atoms with van der Waals surface area (Å²) >= 11 is 0. The van der Waals surface area contributed by atoms with Crippen LogP contribution in [-0.2, 0) is 9.59 Å². The van der Waals surface area contributed by atoms with E-state index >= 15 is 0 Å². The van der Waals surface area contributed by atoms with E-state index in [0.717, 1.165) is 4.90 Å². The maximum atomic E-state index is 12.2. The number of carbonyl (C=O) groups is 3. The van der Waals surface area contributed by atoms with Gasteiger partial charge in [-0.15, -0.1) is 0 Å². The SMILES string of the molecule is O=C(O)CCCN1C(=O)NC2(CCNCC2)C1=O. The third-order valence-corrected chi connectivity index (χ3v) is 3.48. The highest BCUT2D eigenvalue weighted by Crippen LogP contribution is 2.26. The minimum atomic E-state index is -0.918. The van der Waals surface area contributed by atoms with Crippen molar-refractivity contribution in [2.24, 2.45) is 0 Å². The highest BCUT2D eigenvalue weighted by molar-refractivity contribution is 6.07. The molecule has 2 heterocycles. The van der Waals surface area contributed by atoms with E-state index < -0.39 is 17.5 Å². The van der Waals surface area contributed by atoms with Crippen LogP contribution in [0.25, 0.3) is 0 Å². The van der Waals surface area contributed by atoms with Crippen molar-refractivity contribution in [3.63, 3.8) is 0 Å². The third kappa shape index (κ3) is 2.31. The van der Waals surface area contributed by atoms with Crippen molar-refractivity contribution in [1.29, 1.82) is 0 Å². The van der Waals surface area contributed by atoms with Gasteiger partial charge in [0.1, 0.15) is 5.54 Å². The van der Waals surface area contributed by atoms with Gasteiger partial charge < -0.3 is 15.7 Å². The maximum Gasteiger partial charge on any atom is 0.325 e. The number of imide groups is 1. The molecule has 0 aromatic heterocycles. The smallest absolute Gasteiger partial charge is 0.325 e. The summed E-state index contributed by atoms with van der Waals surface area (Å²) in [4.78, 5) is 35.6. The molecule has 2 aliphatic heterocycles. The fraction of sp³-hybridized carbons (Fsp3) is 0.727. The molecule has 7 nitrogen and oxygen atoms in total. The summed E-state index contributed by atoms with van der Waals surface area (Å²) in [6.07, 6.45) is 1.44. The predicted molar refractivity (Wildman–Crippen MR) is 61.9 cm³/mol. The molecule has 18 heavy (non-hydrogen) atoms. The van der Waals surface area contributed by atoms with Crippen LogP contribution in [0.15, 0.2) is 0 Å². The van der Waals surface area contributed by atoms with Gasteiger partial charge in [-0.1, -0.05) is 0 Å². The zero-order valence-electron chi connectivity index (χ0n) is 10.1. The molecule has 1 spiro atoms. The van der Waals surface area contributed by atoms with Crippen LogP contribution in [0.4, 0.5) is 4.79 Å². The maximum absolute atomic E-state index is 12.2. The molecule has 0 radical (unpaired) electrons. The molecule has 2 rings (SSSR count). The summed E-state index contributed by atoms with van der Waals surface area (Å²) in [5, 5.41) is 14.5. The average Bonchev–Trinajstić information content (AvgIpc) is 2.54. The van der Waals surface area contributed by atoms with Gasteiger partial charge in [-0.3, -0.25) is 14.5 Å². The Kier molecular flexibility index (Phi) is 3.51. The van der Waals surface area contributed by atoms with Crippen molar-refractivity contribution < 1.29 is 19.5 Å². The quantitative estimate of drug-likeness (QED) is 0.590. The number of rotatable bonds is 4. The van der Waals surface area contributed by atoms with Crippen LogP contribution in [0, 0.1) is 0 Å². The molecule has 0 aliphatic carbocycles. The Morgan fingerprint density at radius 1 is 1.33 bits per heavy atom. The zero-order chi connectivity index (χ0) is 13.2. The van der Waals surface area contributed by atoms with Crippen LogP contribution in [0.1, 0.15) is 25.7 Å². The Labute approximate surface area is 105 Å². The fourth-order valence-electron chi connectivity index (χ4n) is 2.46. The van der Waals surface area contributed by atoms with Gasteiger partial charge in [0, 0.05) is 13.0 Å². The summed E-state index contributed by atoms with van der Waals surface area (Å²) in [7, 11) is 0. The number of aliphatic carboxylic acids is 1. The van der Waals surface area contributed by atoms with Gasteiger partial charge in [-0.2, -0.15) is 0 Å². The van der Waals surface area contributed by atoms with Crippen molar-refractivity contribution in [3.05, 3.63) is 0 Å². The van der Waals surface area contributed by atoms with E-state index in [-0.39, 0.29) is 18.9 Å². The number of urea groups is 1. The van der Waals surface area contributed by atoms with E-state index in [1.807, 2.05) is 0 Å². The number of nitrogens with one attached hydrogen (secondary N) is 2. The first-order valence-electron chi connectivity index (χ1n) is 6.12. The van der Waals surface area contributed by atoms with E-state index in [1.54, 1.807) is 0 Å². The molecule has 3 amide bonds. The zero-order valence-corrected chi connectivity index (χ0v) is 10.1. The van der Waals surface area contributed by atoms with Crippen molar-refractivity contribution >= 4 is 17.9 Å². The monoisotopic (exact) mass is 255 g/mol. The first-order valence-corrected chi connectivity index (χ1v) is 6.12. The third-order valence-electron chi connectivity index (χ3n) is 3.48. The van der Waals surface area contributed by atoms with Crippen molar-refractivity contribution in [1.82, 2.24) is 15.5 Å². The van der Waals surface area contributed by atoms with Gasteiger partial charge in [0.2, 0.25) is 0 Å². The van der Waals surface area contributed by atoms with Crippen LogP contribution in [0.3, 0.4) is 0 Å². The second-order valence-corrected chi connectivity index (χ2v) is 4.72. The molecule has 2 aliphatic rings. The summed E-state index contributed by atoms with van der Waals surface area (Å²) in [5.41, 5.74) is -0.758. The minimum absolute atomic E-state index is 0.0361. The van der Waals surface area contributed by atoms with E-state index in [2.05, 4.69) is 10.6 Å². The standard InChI is InChI=1S/C11H17N3O4/c15-8(16)2-1-7-14-9(17)11(13-10(14)18)3-5-12-6-4-11/h12H,1-7H2,(H,13,18)(H,15,16). The normalized spacial score (nSPS) is 22.3. The lowest BCUT2D eigenvalue weighted by Gasteiger charge is -2.31. The topological polar surface area (TPSA) is 98.7 Å². The summed E-state index contributed by atoms with van der Waals surface area (Å²) in [6.45, 7) is 1.58. The number of piperidine rings is 1. The van der Waals surface area contributed by atoms with Gasteiger partial charge in [0.25, 0.3) is 5.91 Å². The highest BCUT2D eigenvalue weighted by atomic mass is 16.4. The van der Waals surface area contributed by atoms with E-state index in [1.165, 1.54) is 0 Å². The first-order chi connectivity index (χ1) is 8.55. The van der Waals surface area contributed by atoms with Gasteiger partial charge >= 0.3 is 12.0 Å². The number of hydrogen-bond acceptors (Lipinski definition) is 4. The Morgan fingerprint density at radius 3 is 2.61 bits per heavy atom. The number of nitrogens with zero attached hydrogens (tertiary/aromatic N) is 1. The Morgan fingerprint density at radius 2 is 2.00 bits per heavy atom. The lowest BCUT2D eigenvalue weighted by molar-refractivity contribution is -0.138. The molecule has 0 unspecified atom stereocenters. The summed E-state index contributed by atoms with van der Waals surface area (Å²) in [6, 6.07) is -0.396. The van der Waals surface area contributed by atoms with Gasteiger partial charge in [0.05, 0.1) is 0 Å². The molecule has 7 heteroatoms. The van der Waals surface area contributed by atoms with Crippen LogP contribution >= 0.6 is 0 Å².